The average molecular weight is 320 g/mol. The highest BCUT2D eigenvalue weighted by Crippen LogP contribution is 2.31. The number of nitrogens with zero attached hydrogens (tertiary/aromatic N) is 1. The van der Waals surface area contributed by atoms with Crippen LogP contribution in [-0.2, 0) is 11.3 Å². The monoisotopic (exact) mass is 320 g/mol. The number of nitrogens with one attached hydrogen (secondary N) is 1. The number of benzene rings is 1. The van der Waals surface area contributed by atoms with Gasteiger partial charge in [0.2, 0.25) is 5.91 Å². The van der Waals surface area contributed by atoms with Crippen LogP contribution in [0.2, 0.25) is 0 Å². The zero-order valence-electron chi connectivity index (χ0n) is 14.2. The molecule has 0 atom stereocenters. The molecule has 2 rings (SSSR count). The quantitative estimate of drug-likeness (QED) is 0.758. The topological polar surface area (TPSA) is 61.8 Å². The highest BCUT2D eigenvalue weighted by molar-refractivity contribution is 5.78. The summed E-state index contributed by atoms with van der Waals surface area (Å²) >= 11 is 0. The van der Waals surface area contributed by atoms with Gasteiger partial charge in [0, 0.05) is 24.6 Å². The Balaban J connectivity index is 1.82. The Morgan fingerprint density at radius 3 is 2.78 bits per heavy atom. The van der Waals surface area contributed by atoms with Crippen LogP contribution < -0.4 is 10.1 Å². The van der Waals surface area contributed by atoms with Gasteiger partial charge in [-0.05, 0) is 38.4 Å². The van der Waals surface area contributed by atoms with Crippen molar-refractivity contribution < 1.29 is 14.6 Å². The largest absolute Gasteiger partial charge is 0.504 e. The number of hydrogen-bond donors (Lipinski definition) is 2. The Hall–Kier alpha value is -1.75. The number of phenolic OH excluding ortho intramolecular Hbond substituents is 1. The highest BCUT2D eigenvalue weighted by atomic mass is 16.5. The first-order valence-electron chi connectivity index (χ1n) is 8.50. The van der Waals surface area contributed by atoms with Crippen molar-refractivity contribution >= 4 is 5.91 Å². The molecule has 2 N–H and O–H groups in total. The normalized spacial score (nSPS) is 16.3. The Morgan fingerprint density at radius 2 is 2.13 bits per heavy atom. The SMILES string of the molecule is CCCCNC(=O)C1CCN(Cc2cccc(OC)c2O)CC1. The van der Waals surface area contributed by atoms with Crippen LogP contribution in [0.25, 0.3) is 0 Å². The van der Waals surface area contributed by atoms with Crippen molar-refractivity contribution in [2.45, 2.75) is 39.2 Å². The molecule has 5 heteroatoms. The number of methoxy groups -OCH3 is 1. The Morgan fingerprint density at radius 1 is 1.39 bits per heavy atom. The number of hydrogen-bond acceptors (Lipinski definition) is 4. The number of unbranched alkanes of at least 4 members (excludes halogenated alkanes) is 1. The molecule has 1 aromatic rings. The fourth-order valence-electron chi connectivity index (χ4n) is 2.99. The van der Waals surface area contributed by atoms with Gasteiger partial charge in [0.05, 0.1) is 7.11 Å². The number of aromatic hydroxyl groups is 1. The summed E-state index contributed by atoms with van der Waals surface area (Å²) in [6.45, 7) is 5.35. The number of ether oxygens (including phenoxy) is 1. The van der Waals surface area contributed by atoms with E-state index in [1.54, 1.807) is 13.2 Å². The molecular formula is C18H28N2O3. The lowest BCUT2D eigenvalue weighted by Gasteiger charge is -2.31. The molecule has 0 aromatic heterocycles. The molecule has 5 nitrogen and oxygen atoms in total. The molecular weight excluding hydrogens is 292 g/mol. The average Bonchev–Trinajstić information content (AvgIpc) is 2.57. The summed E-state index contributed by atoms with van der Waals surface area (Å²) in [5.41, 5.74) is 0.871. The molecule has 23 heavy (non-hydrogen) atoms. The molecule has 1 fully saturated rings. The van der Waals surface area contributed by atoms with E-state index in [2.05, 4.69) is 17.1 Å². The van der Waals surface area contributed by atoms with E-state index in [1.807, 2.05) is 12.1 Å². The van der Waals surface area contributed by atoms with Gasteiger partial charge in [0.15, 0.2) is 11.5 Å². The van der Waals surface area contributed by atoms with Crippen molar-refractivity contribution in [1.82, 2.24) is 10.2 Å². The molecule has 0 radical (unpaired) electrons. The van der Waals surface area contributed by atoms with Gasteiger partial charge in [0.1, 0.15) is 0 Å². The van der Waals surface area contributed by atoms with Crippen molar-refractivity contribution in [3.05, 3.63) is 23.8 Å². The minimum Gasteiger partial charge on any atom is -0.504 e. The number of carbonyl (C=O) groups is 1. The lowest BCUT2D eigenvalue weighted by molar-refractivity contribution is -0.126. The predicted octanol–water partition coefficient (Wildman–Crippen LogP) is 2.53. The van der Waals surface area contributed by atoms with Crippen molar-refractivity contribution in [2.24, 2.45) is 5.92 Å². The molecule has 1 aliphatic heterocycles. The van der Waals surface area contributed by atoms with Gasteiger partial charge < -0.3 is 15.2 Å². The number of likely N-dealkylation sites (tertiary alicyclic amines) is 1. The van der Waals surface area contributed by atoms with Crippen LogP contribution in [0, 0.1) is 5.92 Å². The van der Waals surface area contributed by atoms with E-state index >= 15 is 0 Å². The maximum absolute atomic E-state index is 12.1. The number of carbonyl (C=O) groups excluding carboxylic acids is 1. The van der Waals surface area contributed by atoms with Crippen LogP contribution in [0.3, 0.4) is 0 Å². The zero-order valence-corrected chi connectivity index (χ0v) is 14.2. The van der Waals surface area contributed by atoms with E-state index in [9.17, 15) is 9.90 Å². The number of amides is 1. The third kappa shape index (κ3) is 4.86. The maximum Gasteiger partial charge on any atom is 0.223 e. The van der Waals surface area contributed by atoms with Crippen molar-refractivity contribution in [2.75, 3.05) is 26.7 Å². The zero-order chi connectivity index (χ0) is 16.7. The van der Waals surface area contributed by atoms with E-state index in [0.717, 1.165) is 50.9 Å². The van der Waals surface area contributed by atoms with E-state index in [-0.39, 0.29) is 17.6 Å². The van der Waals surface area contributed by atoms with Gasteiger partial charge in [-0.1, -0.05) is 25.5 Å². The number of para-hydroxylation sites is 1. The van der Waals surface area contributed by atoms with Gasteiger partial charge in [-0.15, -0.1) is 0 Å². The van der Waals surface area contributed by atoms with Crippen LogP contribution in [0.4, 0.5) is 0 Å². The van der Waals surface area contributed by atoms with Gasteiger partial charge in [-0.25, -0.2) is 0 Å². The second kappa shape index (κ2) is 8.77. The Labute approximate surface area is 138 Å². The predicted molar refractivity (Wildman–Crippen MR) is 90.6 cm³/mol. The Bertz CT molecular complexity index is 511. The fraction of sp³-hybridized carbons (Fsp3) is 0.611. The molecule has 0 bridgehead atoms. The molecule has 0 unspecified atom stereocenters. The van der Waals surface area contributed by atoms with Gasteiger partial charge in [0.25, 0.3) is 0 Å². The molecule has 1 amide bonds. The van der Waals surface area contributed by atoms with Crippen molar-refractivity contribution in [3.8, 4) is 11.5 Å². The minimum atomic E-state index is 0.127. The standard InChI is InChI=1S/C18H28N2O3/c1-3-4-10-19-18(22)14-8-11-20(12-9-14)13-15-6-5-7-16(23-2)17(15)21/h5-7,14,21H,3-4,8-13H2,1-2H3,(H,19,22). The molecule has 1 aromatic carbocycles. The molecule has 0 aliphatic carbocycles. The van der Waals surface area contributed by atoms with E-state index in [0.29, 0.717) is 12.3 Å². The van der Waals surface area contributed by atoms with Crippen molar-refractivity contribution in [1.29, 1.82) is 0 Å². The summed E-state index contributed by atoms with van der Waals surface area (Å²) in [5.74, 6) is 1.05. The second-order valence-corrected chi connectivity index (χ2v) is 6.16. The minimum absolute atomic E-state index is 0.127. The smallest absolute Gasteiger partial charge is 0.223 e. The maximum atomic E-state index is 12.1. The summed E-state index contributed by atoms with van der Waals surface area (Å²) < 4.78 is 5.15. The van der Waals surface area contributed by atoms with Crippen molar-refractivity contribution in [3.63, 3.8) is 0 Å². The van der Waals surface area contributed by atoms with Crippen LogP contribution in [0.15, 0.2) is 18.2 Å². The van der Waals surface area contributed by atoms with E-state index in [1.165, 1.54) is 0 Å². The van der Waals surface area contributed by atoms with E-state index < -0.39 is 0 Å². The summed E-state index contributed by atoms with van der Waals surface area (Å²) in [6.07, 6.45) is 3.90. The number of piperidine rings is 1. The third-order valence-electron chi connectivity index (χ3n) is 4.48. The number of rotatable bonds is 7. The Kier molecular flexibility index (Phi) is 6.71. The summed E-state index contributed by atoms with van der Waals surface area (Å²) in [7, 11) is 1.56. The van der Waals surface area contributed by atoms with Gasteiger partial charge >= 0.3 is 0 Å². The first kappa shape index (κ1) is 17.6. The van der Waals surface area contributed by atoms with Crippen LogP contribution >= 0.6 is 0 Å². The first-order valence-corrected chi connectivity index (χ1v) is 8.50. The molecule has 1 aliphatic rings. The first-order chi connectivity index (χ1) is 11.2. The molecule has 128 valence electrons. The molecule has 1 heterocycles. The summed E-state index contributed by atoms with van der Waals surface area (Å²) in [5, 5.41) is 13.2. The van der Waals surface area contributed by atoms with Gasteiger partial charge in [-0.2, -0.15) is 0 Å². The third-order valence-corrected chi connectivity index (χ3v) is 4.48. The fourth-order valence-corrected chi connectivity index (χ4v) is 2.99. The van der Waals surface area contributed by atoms with Gasteiger partial charge in [-0.3, -0.25) is 9.69 Å². The van der Waals surface area contributed by atoms with Crippen LogP contribution in [-0.4, -0.2) is 42.7 Å². The van der Waals surface area contributed by atoms with E-state index in [4.69, 9.17) is 4.74 Å². The lowest BCUT2D eigenvalue weighted by Crippen LogP contribution is -2.40. The lowest BCUT2D eigenvalue weighted by atomic mass is 9.95. The summed E-state index contributed by atoms with van der Waals surface area (Å²) in [6, 6.07) is 5.56. The van der Waals surface area contributed by atoms with Crippen LogP contribution in [0.1, 0.15) is 38.2 Å². The van der Waals surface area contributed by atoms with Crippen LogP contribution in [0.5, 0.6) is 11.5 Å². The number of phenols is 1. The second-order valence-electron chi connectivity index (χ2n) is 6.16. The molecule has 0 spiro atoms. The molecule has 1 saturated heterocycles. The molecule has 0 saturated carbocycles. The highest BCUT2D eigenvalue weighted by Gasteiger charge is 2.25. The summed E-state index contributed by atoms with van der Waals surface area (Å²) in [4.78, 5) is 14.4.